The van der Waals surface area contributed by atoms with E-state index in [1.807, 2.05) is 6.92 Å². The standard InChI is InChI=1S/C13H16ClNO3/c1-2-3-11(13(17)18)15-12(16)8-9-4-6-10(14)7-5-9/h4-7,11H,2-3,8H2,1H3,(H,15,16)(H,17,18)/t11-/m1/s1. The van der Waals surface area contributed by atoms with Gasteiger partial charge in [0, 0.05) is 5.02 Å². The number of carboxylic acid groups (broad SMARTS) is 1. The van der Waals surface area contributed by atoms with Gasteiger partial charge in [0.25, 0.3) is 0 Å². The molecule has 0 spiro atoms. The van der Waals surface area contributed by atoms with Crippen LogP contribution in [0, 0.1) is 0 Å². The summed E-state index contributed by atoms with van der Waals surface area (Å²) < 4.78 is 0. The summed E-state index contributed by atoms with van der Waals surface area (Å²) >= 11 is 5.74. The third kappa shape index (κ3) is 4.75. The van der Waals surface area contributed by atoms with Gasteiger partial charge in [-0.15, -0.1) is 0 Å². The summed E-state index contributed by atoms with van der Waals surface area (Å²) in [5.41, 5.74) is 0.803. The molecule has 0 fully saturated rings. The maximum absolute atomic E-state index is 11.7. The summed E-state index contributed by atoms with van der Waals surface area (Å²) in [4.78, 5) is 22.6. The number of rotatable bonds is 6. The zero-order valence-corrected chi connectivity index (χ0v) is 10.9. The van der Waals surface area contributed by atoms with Crippen LogP contribution in [-0.2, 0) is 16.0 Å². The van der Waals surface area contributed by atoms with Gasteiger partial charge in [0.15, 0.2) is 0 Å². The van der Waals surface area contributed by atoms with Crippen molar-refractivity contribution in [3.8, 4) is 0 Å². The highest BCUT2D eigenvalue weighted by Crippen LogP contribution is 2.10. The second-order valence-electron chi connectivity index (χ2n) is 4.05. The van der Waals surface area contributed by atoms with E-state index in [9.17, 15) is 9.59 Å². The quantitative estimate of drug-likeness (QED) is 0.832. The van der Waals surface area contributed by atoms with Gasteiger partial charge in [0.2, 0.25) is 5.91 Å². The minimum absolute atomic E-state index is 0.157. The third-order valence-corrected chi connectivity index (χ3v) is 2.74. The maximum Gasteiger partial charge on any atom is 0.326 e. The van der Waals surface area contributed by atoms with Crippen LogP contribution in [0.1, 0.15) is 25.3 Å². The maximum atomic E-state index is 11.7. The van der Waals surface area contributed by atoms with Crippen LogP contribution >= 0.6 is 11.6 Å². The molecule has 0 heterocycles. The average Bonchev–Trinajstić information content (AvgIpc) is 2.31. The highest BCUT2D eigenvalue weighted by molar-refractivity contribution is 6.30. The smallest absolute Gasteiger partial charge is 0.326 e. The average molecular weight is 270 g/mol. The molecule has 0 aliphatic carbocycles. The van der Waals surface area contributed by atoms with Crippen molar-refractivity contribution in [2.45, 2.75) is 32.2 Å². The molecule has 0 unspecified atom stereocenters. The first-order valence-electron chi connectivity index (χ1n) is 5.79. The predicted molar refractivity (Wildman–Crippen MR) is 69.6 cm³/mol. The Morgan fingerprint density at radius 3 is 2.44 bits per heavy atom. The Labute approximate surface area is 111 Å². The van der Waals surface area contributed by atoms with Gasteiger partial charge >= 0.3 is 5.97 Å². The minimum Gasteiger partial charge on any atom is -0.480 e. The van der Waals surface area contributed by atoms with Crippen molar-refractivity contribution >= 4 is 23.5 Å². The molecule has 0 bridgehead atoms. The zero-order valence-electron chi connectivity index (χ0n) is 10.1. The lowest BCUT2D eigenvalue weighted by molar-refractivity contribution is -0.141. The fraction of sp³-hybridized carbons (Fsp3) is 0.385. The largest absolute Gasteiger partial charge is 0.480 e. The topological polar surface area (TPSA) is 66.4 Å². The molecule has 18 heavy (non-hydrogen) atoms. The Bertz CT molecular complexity index is 417. The summed E-state index contributed by atoms with van der Waals surface area (Å²) in [5.74, 6) is -1.29. The van der Waals surface area contributed by atoms with Crippen LogP contribution < -0.4 is 5.32 Å². The van der Waals surface area contributed by atoms with E-state index in [4.69, 9.17) is 16.7 Å². The Morgan fingerprint density at radius 1 is 1.33 bits per heavy atom. The number of amides is 1. The summed E-state index contributed by atoms with van der Waals surface area (Å²) in [6.07, 6.45) is 1.30. The molecular formula is C13H16ClNO3. The van der Waals surface area contributed by atoms with Gasteiger partial charge in [-0.3, -0.25) is 4.79 Å². The van der Waals surface area contributed by atoms with Gasteiger partial charge in [-0.25, -0.2) is 4.79 Å². The molecule has 0 aromatic heterocycles. The molecule has 1 amide bonds. The summed E-state index contributed by atoms with van der Waals surface area (Å²) in [6.45, 7) is 1.88. The number of hydrogen-bond donors (Lipinski definition) is 2. The van der Waals surface area contributed by atoms with Crippen LogP contribution in [-0.4, -0.2) is 23.0 Å². The number of carbonyl (C=O) groups is 2. The molecular weight excluding hydrogens is 254 g/mol. The van der Waals surface area contributed by atoms with Crippen LogP contribution in [0.15, 0.2) is 24.3 Å². The van der Waals surface area contributed by atoms with E-state index in [1.165, 1.54) is 0 Å². The highest BCUT2D eigenvalue weighted by atomic mass is 35.5. The van der Waals surface area contributed by atoms with Gasteiger partial charge in [-0.1, -0.05) is 37.1 Å². The zero-order chi connectivity index (χ0) is 13.5. The van der Waals surface area contributed by atoms with Gasteiger partial charge < -0.3 is 10.4 Å². The molecule has 1 aromatic rings. The first-order valence-corrected chi connectivity index (χ1v) is 6.17. The first kappa shape index (κ1) is 14.5. The summed E-state index contributed by atoms with van der Waals surface area (Å²) in [7, 11) is 0. The molecule has 0 aliphatic heterocycles. The molecule has 2 N–H and O–H groups in total. The van der Waals surface area contributed by atoms with Crippen LogP contribution in [0.5, 0.6) is 0 Å². The van der Waals surface area contributed by atoms with Gasteiger partial charge in [0.05, 0.1) is 6.42 Å². The van der Waals surface area contributed by atoms with E-state index in [0.29, 0.717) is 17.9 Å². The van der Waals surface area contributed by atoms with Gasteiger partial charge in [0.1, 0.15) is 6.04 Å². The molecule has 1 aromatic carbocycles. The van der Waals surface area contributed by atoms with E-state index < -0.39 is 12.0 Å². The summed E-state index contributed by atoms with van der Waals surface area (Å²) in [6, 6.07) is 6.08. The van der Waals surface area contributed by atoms with E-state index in [-0.39, 0.29) is 12.3 Å². The third-order valence-electron chi connectivity index (χ3n) is 2.49. The van der Waals surface area contributed by atoms with E-state index in [1.54, 1.807) is 24.3 Å². The van der Waals surface area contributed by atoms with E-state index >= 15 is 0 Å². The molecule has 1 rings (SSSR count). The second kappa shape index (κ2) is 7.01. The molecule has 0 saturated carbocycles. The number of benzene rings is 1. The Kier molecular flexibility index (Phi) is 5.65. The van der Waals surface area contributed by atoms with Crippen molar-refractivity contribution in [2.75, 3.05) is 0 Å². The van der Waals surface area contributed by atoms with Crippen molar-refractivity contribution in [3.05, 3.63) is 34.9 Å². The van der Waals surface area contributed by atoms with Crippen molar-refractivity contribution in [2.24, 2.45) is 0 Å². The van der Waals surface area contributed by atoms with Crippen LogP contribution in [0.3, 0.4) is 0 Å². The molecule has 5 heteroatoms. The van der Waals surface area contributed by atoms with Crippen molar-refractivity contribution in [3.63, 3.8) is 0 Å². The van der Waals surface area contributed by atoms with E-state index in [2.05, 4.69) is 5.32 Å². The first-order chi connectivity index (χ1) is 8.52. The molecule has 0 saturated heterocycles. The summed E-state index contributed by atoms with van der Waals surface area (Å²) in [5, 5.41) is 12.0. The lowest BCUT2D eigenvalue weighted by Gasteiger charge is -2.13. The Balaban J connectivity index is 2.54. The predicted octanol–water partition coefficient (Wildman–Crippen LogP) is 2.25. The number of carboxylic acids is 1. The molecule has 1 atom stereocenters. The van der Waals surface area contributed by atoms with Gasteiger partial charge in [-0.2, -0.15) is 0 Å². The fourth-order valence-corrected chi connectivity index (χ4v) is 1.71. The lowest BCUT2D eigenvalue weighted by atomic mass is 10.1. The second-order valence-corrected chi connectivity index (χ2v) is 4.49. The van der Waals surface area contributed by atoms with Crippen molar-refractivity contribution < 1.29 is 14.7 Å². The van der Waals surface area contributed by atoms with Crippen molar-refractivity contribution in [1.82, 2.24) is 5.32 Å². The number of carbonyl (C=O) groups excluding carboxylic acids is 1. The number of nitrogens with one attached hydrogen (secondary N) is 1. The number of hydrogen-bond acceptors (Lipinski definition) is 2. The van der Waals surface area contributed by atoms with Crippen LogP contribution in [0.2, 0.25) is 5.02 Å². The van der Waals surface area contributed by atoms with Crippen molar-refractivity contribution in [1.29, 1.82) is 0 Å². The Morgan fingerprint density at radius 2 is 1.94 bits per heavy atom. The Hall–Kier alpha value is -1.55. The van der Waals surface area contributed by atoms with Crippen LogP contribution in [0.25, 0.3) is 0 Å². The lowest BCUT2D eigenvalue weighted by Crippen LogP contribution is -2.41. The monoisotopic (exact) mass is 269 g/mol. The van der Waals surface area contributed by atoms with Gasteiger partial charge in [-0.05, 0) is 24.1 Å². The molecule has 4 nitrogen and oxygen atoms in total. The fourth-order valence-electron chi connectivity index (χ4n) is 1.58. The molecule has 0 radical (unpaired) electrons. The normalized spacial score (nSPS) is 11.9. The molecule has 98 valence electrons. The number of aliphatic carboxylic acids is 1. The van der Waals surface area contributed by atoms with Crippen LogP contribution in [0.4, 0.5) is 0 Å². The SMILES string of the molecule is CCC[C@@H](NC(=O)Cc1ccc(Cl)cc1)C(=O)O. The highest BCUT2D eigenvalue weighted by Gasteiger charge is 2.18. The molecule has 0 aliphatic rings. The minimum atomic E-state index is -0.999. The number of halogens is 1. The van der Waals surface area contributed by atoms with E-state index in [0.717, 1.165) is 5.56 Å².